The van der Waals surface area contributed by atoms with Gasteiger partial charge in [-0.2, -0.15) is 0 Å². The van der Waals surface area contributed by atoms with Crippen molar-refractivity contribution in [3.63, 3.8) is 0 Å². The minimum atomic E-state index is -0.0162. The van der Waals surface area contributed by atoms with Gasteiger partial charge in [0.05, 0.1) is 29.9 Å². The second kappa shape index (κ2) is 7.81. The van der Waals surface area contributed by atoms with E-state index in [1.807, 2.05) is 36.4 Å². The normalized spacial score (nSPS) is 14.4. The summed E-state index contributed by atoms with van der Waals surface area (Å²) in [4.78, 5) is 19.5. The number of nitrogens with one attached hydrogen (secondary N) is 1. The number of aromatic nitrogens is 1. The van der Waals surface area contributed by atoms with E-state index in [2.05, 4.69) is 34.5 Å². The second-order valence-electron chi connectivity index (χ2n) is 7.18. The van der Waals surface area contributed by atoms with Crippen molar-refractivity contribution in [1.82, 2.24) is 4.98 Å². The van der Waals surface area contributed by atoms with E-state index in [1.165, 1.54) is 5.39 Å². The molecule has 1 saturated heterocycles. The van der Waals surface area contributed by atoms with Crippen molar-refractivity contribution in [2.24, 2.45) is 0 Å². The number of carbonyl (C=O) groups is 1. The van der Waals surface area contributed by atoms with Crippen molar-refractivity contribution in [2.45, 2.75) is 6.42 Å². The maximum absolute atomic E-state index is 12.6. The molecule has 146 valence electrons. The molecule has 4 aromatic rings. The number of morpholine rings is 1. The lowest BCUT2D eigenvalue weighted by molar-refractivity contribution is -0.115. The lowest BCUT2D eigenvalue weighted by atomic mass is 10.0. The van der Waals surface area contributed by atoms with Crippen LogP contribution in [0.1, 0.15) is 5.56 Å². The third kappa shape index (κ3) is 3.95. The van der Waals surface area contributed by atoms with Crippen molar-refractivity contribution in [2.75, 3.05) is 36.5 Å². The minimum absolute atomic E-state index is 0.0162. The van der Waals surface area contributed by atoms with E-state index in [1.54, 1.807) is 11.3 Å². The molecule has 5 nitrogen and oxygen atoms in total. The summed E-state index contributed by atoms with van der Waals surface area (Å²) in [6.07, 6.45) is 0.352. The van der Waals surface area contributed by atoms with Gasteiger partial charge in [0.25, 0.3) is 0 Å². The average Bonchev–Trinajstić information content (AvgIpc) is 3.18. The number of nitrogens with zero attached hydrogens (tertiary/aromatic N) is 2. The maximum atomic E-state index is 12.6. The SMILES string of the molecule is O=C(Cc1ccc2ccccc2c1)Nc1ccc2nc(N3CCOCC3)sc2c1. The Balaban J connectivity index is 1.30. The molecule has 29 heavy (non-hydrogen) atoms. The number of carbonyl (C=O) groups excluding carboxylic acids is 1. The first-order chi connectivity index (χ1) is 14.2. The van der Waals surface area contributed by atoms with Crippen LogP contribution < -0.4 is 10.2 Å². The van der Waals surface area contributed by atoms with Crippen LogP contribution in [0, 0.1) is 0 Å². The first-order valence-corrected chi connectivity index (χ1v) is 10.6. The molecule has 0 atom stereocenters. The van der Waals surface area contributed by atoms with E-state index < -0.39 is 0 Å². The summed E-state index contributed by atoms with van der Waals surface area (Å²) in [6.45, 7) is 3.22. The zero-order valence-electron chi connectivity index (χ0n) is 15.9. The highest BCUT2D eigenvalue weighted by molar-refractivity contribution is 7.22. The number of rotatable bonds is 4. The van der Waals surface area contributed by atoms with Crippen molar-refractivity contribution >= 4 is 49.1 Å². The lowest BCUT2D eigenvalue weighted by Gasteiger charge is -2.25. The highest BCUT2D eigenvalue weighted by Gasteiger charge is 2.16. The minimum Gasteiger partial charge on any atom is -0.378 e. The van der Waals surface area contributed by atoms with Gasteiger partial charge in [-0.25, -0.2) is 4.98 Å². The Hall–Kier alpha value is -2.96. The van der Waals surface area contributed by atoms with Gasteiger partial charge in [0, 0.05) is 18.8 Å². The summed E-state index contributed by atoms with van der Waals surface area (Å²) in [5, 5.41) is 6.38. The molecule has 1 amide bonds. The van der Waals surface area contributed by atoms with Crippen molar-refractivity contribution in [3.05, 3.63) is 66.2 Å². The predicted molar refractivity (Wildman–Crippen MR) is 119 cm³/mol. The Kier molecular flexibility index (Phi) is 4.87. The largest absolute Gasteiger partial charge is 0.378 e. The molecule has 1 N–H and O–H groups in total. The van der Waals surface area contributed by atoms with Gasteiger partial charge >= 0.3 is 0 Å². The highest BCUT2D eigenvalue weighted by Crippen LogP contribution is 2.31. The zero-order valence-corrected chi connectivity index (χ0v) is 16.7. The number of fused-ring (bicyclic) bond motifs is 2. The van der Waals surface area contributed by atoms with Gasteiger partial charge < -0.3 is 15.0 Å². The third-order valence-corrected chi connectivity index (χ3v) is 6.20. The summed E-state index contributed by atoms with van der Waals surface area (Å²) >= 11 is 1.66. The number of ether oxygens (including phenoxy) is 1. The maximum Gasteiger partial charge on any atom is 0.228 e. The molecular weight excluding hydrogens is 382 g/mol. The smallest absolute Gasteiger partial charge is 0.228 e. The first-order valence-electron chi connectivity index (χ1n) is 9.75. The van der Waals surface area contributed by atoms with Crippen LogP contribution in [0.4, 0.5) is 10.8 Å². The van der Waals surface area contributed by atoms with Gasteiger partial charge in [-0.15, -0.1) is 0 Å². The molecule has 0 spiro atoms. The number of benzene rings is 3. The van der Waals surface area contributed by atoms with Gasteiger partial charge in [0.15, 0.2) is 5.13 Å². The molecule has 1 aliphatic heterocycles. The van der Waals surface area contributed by atoms with Crippen LogP contribution in [0.2, 0.25) is 0 Å². The van der Waals surface area contributed by atoms with E-state index in [9.17, 15) is 4.79 Å². The van der Waals surface area contributed by atoms with Gasteiger partial charge in [-0.1, -0.05) is 53.8 Å². The summed E-state index contributed by atoms with van der Waals surface area (Å²) in [6, 6.07) is 20.2. The molecule has 0 unspecified atom stereocenters. The quantitative estimate of drug-likeness (QED) is 0.546. The topological polar surface area (TPSA) is 54.5 Å². The number of hydrogen-bond acceptors (Lipinski definition) is 5. The Morgan fingerprint density at radius 3 is 2.72 bits per heavy atom. The molecule has 1 aliphatic rings. The monoisotopic (exact) mass is 403 g/mol. The molecule has 3 aromatic carbocycles. The van der Waals surface area contributed by atoms with Crippen molar-refractivity contribution < 1.29 is 9.53 Å². The van der Waals surface area contributed by atoms with E-state index in [-0.39, 0.29) is 5.91 Å². The fourth-order valence-corrected chi connectivity index (χ4v) is 4.68. The molecule has 1 aromatic heterocycles. The number of hydrogen-bond donors (Lipinski definition) is 1. The van der Waals surface area contributed by atoms with Crippen LogP contribution >= 0.6 is 11.3 Å². The summed E-state index contributed by atoms with van der Waals surface area (Å²) in [5.41, 5.74) is 2.78. The predicted octanol–water partition coefficient (Wildman–Crippen LogP) is 4.47. The van der Waals surface area contributed by atoms with Crippen molar-refractivity contribution in [3.8, 4) is 0 Å². The molecular formula is C23H21N3O2S. The summed E-state index contributed by atoms with van der Waals surface area (Å²) < 4.78 is 6.50. The second-order valence-corrected chi connectivity index (χ2v) is 8.19. The van der Waals surface area contributed by atoms with Crippen LogP contribution in [0.3, 0.4) is 0 Å². The number of thiazole rings is 1. The van der Waals surface area contributed by atoms with Crippen molar-refractivity contribution in [1.29, 1.82) is 0 Å². The van der Waals surface area contributed by atoms with Crippen LogP contribution in [0.5, 0.6) is 0 Å². The Morgan fingerprint density at radius 2 is 1.86 bits per heavy atom. The number of anilines is 2. The van der Waals surface area contributed by atoms with Gasteiger partial charge in [-0.3, -0.25) is 4.79 Å². The van der Waals surface area contributed by atoms with Crippen LogP contribution in [0.15, 0.2) is 60.7 Å². The summed E-state index contributed by atoms with van der Waals surface area (Å²) in [7, 11) is 0. The van der Waals surface area contributed by atoms with E-state index in [0.29, 0.717) is 6.42 Å². The molecule has 2 heterocycles. The first kappa shape index (κ1) is 18.1. The van der Waals surface area contributed by atoms with Gasteiger partial charge in [-0.05, 0) is 34.5 Å². The van der Waals surface area contributed by atoms with E-state index >= 15 is 0 Å². The van der Waals surface area contributed by atoms with E-state index in [0.717, 1.165) is 58.3 Å². The molecule has 6 heteroatoms. The standard InChI is InChI=1S/C23H21N3O2S/c27-22(14-16-5-6-17-3-1-2-4-18(17)13-16)24-19-7-8-20-21(15-19)29-23(25-20)26-9-11-28-12-10-26/h1-8,13,15H,9-12,14H2,(H,24,27). The molecule has 0 aliphatic carbocycles. The lowest BCUT2D eigenvalue weighted by Crippen LogP contribution is -2.36. The zero-order chi connectivity index (χ0) is 19.6. The Morgan fingerprint density at radius 1 is 1.03 bits per heavy atom. The molecule has 0 radical (unpaired) electrons. The van der Waals surface area contributed by atoms with Crippen LogP contribution in [-0.4, -0.2) is 37.2 Å². The van der Waals surface area contributed by atoms with Crippen LogP contribution in [0.25, 0.3) is 21.0 Å². The molecule has 1 fully saturated rings. The molecule has 0 bridgehead atoms. The summed E-state index contributed by atoms with van der Waals surface area (Å²) in [5.74, 6) is -0.0162. The molecule has 5 rings (SSSR count). The highest BCUT2D eigenvalue weighted by atomic mass is 32.1. The fraction of sp³-hybridized carbons (Fsp3) is 0.217. The molecule has 0 saturated carbocycles. The van der Waals surface area contributed by atoms with Gasteiger partial charge in [0.1, 0.15) is 0 Å². The Labute approximate surface area is 172 Å². The average molecular weight is 404 g/mol. The Bertz CT molecular complexity index is 1180. The van der Waals surface area contributed by atoms with Gasteiger partial charge in [0.2, 0.25) is 5.91 Å². The van der Waals surface area contributed by atoms with Crippen LogP contribution in [-0.2, 0) is 16.0 Å². The van der Waals surface area contributed by atoms with E-state index in [4.69, 9.17) is 9.72 Å². The number of amides is 1. The fourth-order valence-electron chi connectivity index (χ4n) is 3.62. The third-order valence-electron chi connectivity index (χ3n) is 5.12.